The van der Waals surface area contributed by atoms with Gasteiger partial charge in [0, 0.05) is 18.7 Å². The molecule has 0 fully saturated rings. The maximum atomic E-state index is 13.7. The Labute approximate surface area is 221 Å². The number of hydrogen-bond donors (Lipinski definition) is 2. The molecule has 212 valence electrons. The van der Waals surface area contributed by atoms with Crippen molar-refractivity contribution in [1.82, 2.24) is 9.78 Å². The van der Waals surface area contributed by atoms with Crippen LogP contribution in [0.2, 0.25) is 0 Å². The molecule has 2 unspecified atom stereocenters. The van der Waals surface area contributed by atoms with Gasteiger partial charge in [0.15, 0.2) is 16.9 Å². The zero-order valence-corrected chi connectivity index (χ0v) is 21.0. The summed E-state index contributed by atoms with van der Waals surface area (Å²) in [5.41, 5.74) is -0.0494. The van der Waals surface area contributed by atoms with Crippen molar-refractivity contribution in [1.29, 1.82) is 0 Å². The first-order chi connectivity index (χ1) is 18.3. The van der Waals surface area contributed by atoms with E-state index >= 15 is 0 Å². The van der Waals surface area contributed by atoms with Crippen LogP contribution in [0.5, 0.6) is 0 Å². The van der Waals surface area contributed by atoms with Gasteiger partial charge in [-0.2, -0.15) is 31.4 Å². The van der Waals surface area contributed by atoms with E-state index in [0.717, 1.165) is 30.3 Å². The smallest absolute Gasteiger partial charge is 0.394 e. The van der Waals surface area contributed by atoms with E-state index < -0.39 is 59.4 Å². The van der Waals surface area contributed by atoms with Gasteiger partial charge < -0.3 is 10.2 Å². The lowest BCUT2D eigenvalue weighted by Gasteiger charge is -2.38. The van der Waals surface area contributed by atoms with Crippen molar-refractivity contribution in [2.45, 2.75) is 61.1 Å². The quantitative estimate of drug-likeness (QED) is 0.381. The Morgan fingerprint density at radius 3 is 2.31 bits per heavy atom. The molecule has 1 aliphatic heterocycles. The van der Waals surface area contributed by atoms with Gasteiger partial charge in [0.05, 0.1) is 35.5 Å². The highest BCUT2D eigenvalue weighted by Crippen LogP contribution is 2.48. The summed E-state index contributed by atoms with van der Waals surface area (Å²) in [6.45, 7) is -0.442. The van der Waals surface area contributed by atoms with Gasteiger partial charge in [0.2, 0.25) is 0 Å². The Hall–Kier alpha value is -2.97. The normalized spacial score (nSPS) is 17.8. The number of aryl methyl sites for hydroxylation is 1. The van der Waals surface area contributed by atoms with Gasteiger partial charge in [-0.25, -0.2) is 8.60 Å². The third kappa shape index (κ3) is 6.61. The Morgan fingerprint density at radius 2 is 1.69 bits per heavy atom. The first-order valence-corrected chi connectivity index (χ1v) is 12.9. The number of fused-ring (bicyclic) bond motifs is 1. The van der Waals surface area contributed by atoms with Crippen molar-refractivity contribution in [2.75, 3.05) is 10.9 Å². The van der Waals surface area contributed by atoms with Crippen LogP contribution in [0, 0.1) is 5.82 Å². The summed E-state index contributed by atoms with van der Waals surface area (Å²) in [6.07, 6.45) is -9.99. The Balaban J connectivity index is 1.71. The molecular formula is C25H24F7N3O3S. The van der Waals surface area contributed by atoms with Crippen LogP contribution in [0.25, 0.3) is 0 Å². The van der Waals surface area contributed by atoms with Crippen molar-refractivity contribution in [3.8, 4) is 0 Å². The summed E-state index contributed by atoms with van der Waals surface area (Å²) in [7, 11) is -1.98. The fourth-order valence-corrected chi connectivity index (χ4v) is 6.01. The molecule has 0 radical (unpaired) electrons. The minimum Gasteiger partial charge on any atom is -0.394 e. The number of benzene rings is 2. The maximum Gasteiger partial charge on any atom is 0.404 e. The summed E-state index contributed by atoms with van der Waals surface area (Å²) in [5.74, 6) is -4.24. The molecule has 0 saturated carbocycles. The van der Waals surface area contributed by atoms with Crippen molar-refractivity contribution in [3.63, 3.8) is 0 Å². The second-order valence-electron chi connectivity index (χ2n) is 9.20. The summed E-state index contributed by atoms with van der Waals surface area (Å²) >= 11 is 0. The molecule has 0 aliphatic carbocycles. The number of hydrogen-bond acceptors (Lipinski definition) is 4. The minimum atomic E-state index is -5.55. The Kier molecular flexibility index (Phi) is 8.38. The Bertz CT molecular complexity index is 1300. The molecule has 0 spiro atoms. The molecule has 2 aromatic carbocycles. The maximum absolute atomic E-state index is 13.7. The van der Waals surface area contributed by atoms with E-state index in [9.17, 15) is 40.0 Å². The molecule has 0 saturated heterocycles. The molecule has 14 heteroatoms. The van der Waals surface area contributed by atoms with Gasteiger partial charge in [-0.05, 0) is 60.4 Å². The third-order valence-electron chi connectivity index (χ3n) is 6.35. The first-order valence-electron chi connectivity index (χ1n) is 11.8. The standard InChI is InChI=1S/C25H24F7N3O3S/c26-17-3-6-21(7-4-17)39(38)35-19(12-18-9-10-34(33-18)13-20(37)14-36)5-1-15-11-16(2-8-22(15)35)23(24(27,28)29)25(30,31)32/h2-4,6-11,19-20,23,36-37H,1,5,12-14H2/t19-,20?,39?/m0/s1. The summed E-state index contributed by atoms with van der Waals surface area (Å²) in [6, 6.07) is 8.62. The van der Waals surface area contributed by atoms with E-state index in [0.29, 0.717) is 5.69 Å². The van der Waals surface area contributed by atoms with E-state index in [1.807, 2.05) is 0 Å². The average Bonchev–Trinajstić information content (AvgIpc) is 3.28. The highest BCUT2D eigenvalue weighted by atomic mass is 32.2. The summed E-state index contributed by atoms with van der Waals surface area (Å²) < 4.78 is 110. The molecule has 0 bridgehead atoms. The van der Waals surface area contributed by atoms with Crippen molar-refractivity contribution < 1.29 is 45.2 Å². The lowest BCUT2D eigenvalue weighted by atomic mass is 9.90. The number of alkyl halides is 6. The monoisotopic (exact) mass is 579 g/mol. The molecule has 4 rings (SSSR count). The van der Waals surface area contributed by atoms with Crippen LogP contribution in [0.3, 0.4) is 0 Å². The molecule has 2 N–H and O–H groups in total. The van der Waals surface area contributed by atoms with Gasteiger partial charge in [-0.1, -0.05) is 12.1 Å². The molecule has 6 nitrogen and oxygen atoms in total. The number of aromatic nitrogens is 2. The molecular weight excluding hydrogens is 555 g/mol. The lowest BCUT2D eigenvalue weighted by molar-refractivity contribution is -0.253. The lowest BCUT2D eigenvalue weighted by Crippen LogP contribution is -2.42. The van der Waals surface area contributed by atoms with Gasteiger partial charge in [-0.3, -0.25) is 8.99 Å². The number of rotatable bonds is 8. The molecule has 3 atom stereocenters. The third-order valence-corrected chi connectivity index (χ3v) is 7.88. The number of nitrogens with zero attached hydrogens (tertiary/aromatic N) is 3. The van der Waals surface area contributed by atoms with Gasteiger partial charge >= 0.3 is 12.4 Å². The van der Waals surface area contributed by atoms with Crippen molar-refractivity contribution in [3.05, 3.63) is 77.4 Å². The molecule has 39 heavy (non-hydrogen) atoms. The van der Waals surface area contributed by atoms with E-state index in [1.165, 1.54) is 21.1 Å². The highest BCUT2D eigenvalue weighted by molar-refractivity contribution is 7.86. The van der Waals surface area contributed by atoms with Crippen LogP contribution < -0.4 is 4.31 Å². The molecule has 0 amide bonds. The largest absolute Gasteiger partial charge is 0.404 e. The highest BCUT2D eigenvalue weighted by Gasteiger charge is 2.57. The number of halogens is 7. The predicted molar refractivity (Wildman–Crippen MR) is 128 cm³/mol. The van der Waals surface area contributed by atoms with Crippen LogP contribution in [-0.2, 0) is 30.4 Å². The average molecular weight is 580 g/mol. The number of anilines is 1. The van der Waals surface area contributed by atoms with Crippen LogP contribution >= 0.6 is 0 Å². The molecule has 3 aromatic rings. The van der Waals surface area contributed by atoms with Gasteiger partial charge in [0.25, 0.3) is 0 Å². The zero-order chi connectivity index (χ0) is 28.5. The molecule has 1 aromatic heterocycles. The van der Waals surface area contributed by atoms with E-state index in [2.05, 4.69) is 5.10 Å². The van der Waals surface area contributed by atoms with Gasteiger partial charge in [0.1, 0.15) is 5.82 Å². The van der Waals surface area contributed by atoms with Crippen LogP contribution in [0.1, 0.15) is 29.2 Å². The van der Waals surface area contributed by atoms with Crippen molar-refractivity contribution in [2.24, 2.45) is 0 Å². The van der Waals surface area contributed by atoms with E-state index in [1.54, 1.807) is 12.3 Å². The van der Waals surface area contributed by atoms with Crippen molar-refractivity contribution >= 4 is 16.7 Å². The fraction of sp³-hybridized carbons (Fsp3) is 0.400. The van der Waals surface area contributed by atoms with Crippen LogP contribution in [0.4, 0.5) is 36.4 Å². The SMILES string of the molecule is O=S(c1ccc(F)cc1)N1c2ccc(C(C(F)(F)F)C(F)(F)F)cc2CC[C@H]1Cc1ccn(CC(O)CO)n1. The first kappa shape index (κ1) is 29.0. The zero-order valence-electron chi connectivity index (χ0n) is 20.2. The minimum absolute atomic E-state index is 0.0254. The van der Waals surface area contributed by atoms with Gasteiger partial charge in [-0.15, -0.1) is 0 Å². The molecule has 1 aliphatic rings. The second-order valence-corrected chi connectivity index (χ2v) is 10.6. The number of aliphatic hydroxyl groups is 2. The number of aliphatic hydroxyl groups excluding tert-OH is 2. The van der Waals surface area contributed by atoms with Crippen LogP contribution in [0.15, 0.2) is 59.6 Å². The van der Waals surface area contributed by atoms with Crippen LogP contribution in [-0.4, -0.2) is 55.3 Å². The van der Waals surface area contributed by atoms with E-state index in [-0.39, 0.29) is 42.0 Å². The Morgan fingerprint density at radius 1 is 1.03 bits per heavy atom. The van der Waals surface area contributed by atoms with E-state index in [4.69, 9.17) is 5.11 Å². The predicted octanol–water partition coefficient (Wildman–Crippen LogP) is 4.67. The summed E-state index contributed by atoms with van der Waals surface area (Å²) in [4.78, 5) is 0.193. The summed E-state index contributed by atoms with van der Waals surface area (Å²) in [5, 5.41) is 23.0. The fourth-order valence-electron chi connectivity index (χ4n) is 4.60. The topological polar surface area (TPSA) is 78.6 Å². The second kappa shape index (κ2) is 11.3. The molecule has 2 heterocycles.